The molecule has 0 radical (unpaired) electrons. The van der Waals surface area contributed by atoms with Crippen molar-refractivity contribution < 1.29 is 19.2 Å². The number of esters is 1. The second-order valence-electron chi connectivity index (χ2n) is 4.15. The topological polar surface area (TPSA) is 78.7 Å². The molecule has 0 amide bonds. The molecule has 6 heteroatoms. The molecule has 6 nitrogen and oxygen atoms in total. The molecule has 0 aliphatic carbocycles. The van der Waals surface area contributed by atoms with Crippen molar-refractivity contribution in [1.29, 1.82) is 0 Å². The first kappa shape index (κ1) is 15.7. The Bertz CT molecular complexity index is 537. The Labute approximate surface area is 117 Å². The molecule has 0 fully saturated rings. The zero-order valence-corrected chi connectivity index (χ0v) is 11.7. The summed E-state index contributed by atoms with van der Waals surface area (Å²) < 4.78 is 10.1. The van der Waals surface area contributed by atoms with Gasteiger partial charge in [-0.1, -0.05) is 6.07 Å². The average molecular weight is 279 g/mol. The molecule has 0 N–H and O–H groups in total. The molecule has 0 bridgehead atoms. The molecule has 0 aliphatic heterocycles. The lowest BCUT2D eigenvalue weighted by Gasteiger charge is -2.08. The molecule has 20 heavy (non-hydrogen) atoms. The Hall–Kier alpha value is -2.37. The van der Waals surface area contributed by atoms with Crippen LogP contribution < -0.4 is 4.74 Å². The van der Waals surface area contributed by atoms with E-state index in [1.54, 1.807) is 26.8 Å². The molecule has 1 aromatic rings. The Morgan fingerprint density at radius 1 is 1.40 bits per heavy atom. The van der Waals surface area contributed by atoms with Crippen LogP contribution >= 0.6 is 0 Å². The number of rotatable bonds is 6. The summed E-state index contributed by atoms with van der Waals surface area (Å²) in [6.45, 7) is 5.59. The van der Waals surface area contributed by atoms with Crippen LogP contribution in [0.5, 0.6) is 5.75 Å². The highest BCUT2D eigenvalue weighted by Crippen LogP contribution is 2.31. The van der Waals surface area contributed by atoms with Crippen molar-refractivity contribution in [1.82, 2.24) is 0 Å². The van der Waals surface area contributed by atoms with Crippen LogP contribution in [0.3, 0.4) is 0 Å². The highest BCUT2D eigenvalue weighted by molar-refractivity contribution is 5.81. The van der Waals surface area contributed by atoms with Crippen LogP contribution in [0.4, 0.5) is 5.69 Å². The van der Waals surface area contributed by atoms with Gasteiger partial charge in [0.15, 0.2) is 5.75 Å². The predicted octanol–water partition coefficient (Wildman–Crippen LogP) is 2.71. The van der Waals surface area contributed by atoms with Crippen molar-refractivity contribution in [2.45, 2.75) is 20.8 Å². The standard InChI is InChI=1S/C14H17NO5/c1-4-19-13(16)6-5-7-20-14-11(3)8-10(2)9-12(14)15(17)18/h5-6,8-9H,4,7H2,1-3H3/b6-5+. The molecular weight excluding hydrogens is 262 g/mol. The van der Waals surface area contributed by atoms with E-state index < -0.39 is 10.9 Å². The summed E-state index contributed by atoms with van der Waals surface area (Å²) in [5.74, 6) is -0.250. The zero-order valence-electron chi connectivity index (χ0n) is 11.7. The van der Waals surface area contributed by atoms with Gasteiger partial charge in [-0.15, -0.1) is 0 Å². The van der Waals surface area contributed by atoms with Crippen molar-refractivity contribution in [2.24, 2.45) is 0 Å². The number of ether oxygens (including phenoxy) is 2. The molecule has 0 spiro atoms. The van der Waals surface area contributed by atoms with Gasteiger partial charge in [0.05, 0.1) is 11.5 Å². The molecule has 1 aromatic carbocycles. The molecule has 0 heterocycles. The SMILES string of the molecule is CCOC(=O)/C=C/COc1c(C)cc(C)cc1[N+](=O)[O-]. The summed E-state index contributed by atoms with van der Waals surface area (Å²) >= 11 is 0. The minimum absolute atomic E-state index is 0.0591. The van der Waals surface area contributed by atoms with Crippen molar-refractivity contribution in [3.05, 3.63) is 45.5 Å². The van der Waals surface area contributed by atoms with Crippen LogP contribution in [0, 0.1) is 24.0 Å². The highest BCUT2D eigenvalue weighted by Gasteiger charge is 2.17. The van der Waals surface area contributed by atoms with Crippen molar-refractivity contribution in [3.63, 3.8) is 0 Å². The van der Waals surface area contributed by atoms with Crippen LogP contribution in [0.15, 0.2) is 24.3 Å². The van der Waals surface area contributed by atoms with Gasteiger partial charge in [0, 0.05) is 12.1 Å². The van der Waals surface area contributed by atoms with Gasteiger partial charge in [0.2, 0.25) is 0 Å². The summed E-state index contributed by atoms with van der Waals surface area (Å²) in [7, 11) is 0. The van der Waals surface area contributed by atoms with E-state index in [1.165, 1.54) is 18.2 Å². The summed E-state index contributed by atoms with van der Waals surface area (Å²) in [6.07, 6.45) is 2.69. The fourth-order valence-corrected chi connectivity index (χ4v) is 1.72. The Balaban J connectivity index is 2.78. The molecular formula is C14H17NO5. The highest BCUT2D eigenvalue weighted by atomic mass is 16.6. The van der Waals surface area contributed by atoms with Gasteiger partial charge >= 0.3 is 11.7 Å². The zero-order chi connectivity index (χ0) is 15.1. The van der Waals surface area contributed by atoms with Crippen LogP contribution in [0.2, 0.25) is 0 Å². The first-order valence-corrected chi connectivity index (χ1v) is 6.17. The molecule has 108 valence electrons. The quantitative estimate of drug-likeness (QED) is 0.346. The molecule has 0 saturated carbocycles. The summed E-state index contributed by atoms with van der Waals surface area (Å²) in [6, 6.07) is 3.26. The number of hydrogen-bond acceptors (Lipinski definition) is 5. The fourth-order valence-electron chi connectivity index (χ4n) is 1.72. The average Bonchev–Trinajstić information content (AvgIpc) is 2.36. The smallest absolute Gasteiger partial charge is 0.330 e. The molecule has 0 unspecified atom stereocenters. The van der Waals surface area contributed by atoms with Crippen molar-refractivity contribution >= 4 is 11.7 Å². The summed E-state index contributed by atoms with van der Waals surface area (Å²) in [5.41, 5.74) is 1.40. The number of aryl methyl sites for hydroxylation is 2. The minimum Gasteiger partial charge on any atom is -0.482 e. The van der Waals surface area contributed by atoms with E-state index in [0.29, 0.717) is 12.2 Å². The van der Waals surface area contributed by atoms with Gasteiger partial charge in [0.25, 0.3) is 0 Å². The molecule has 1 rings (SSSR count). The van der Waals surface area contributed by atoms with Gasteiger partial charge in [-0.3, -0.25) is 10.1 Å². The fraction of sp³-hybridized carbons (Fsp3) is 0.357. The van der Waals surface area contributed by atoms with Gasteiger partial charge in [-0.25, -0.2) is 4.79 Å². The van der Waals surface area contributed by atoms with Crippen LogP contribution in [-0.2, 0) is 9.53 Å². The molecule has 0 atom stereocenters. The number of nitro benzene ring substituents is 1. The van der Waals surface area contributed by atoms with Crippen molar-refractivity contribution in [3.8, 4) is 5.75 Å². The van der Waals surface area contributed by atoms with Gasteiger partial charge in [-0.2, -0.15) is 0 Å². The van der Waals surface area contributed by atoms with Crippen LogP contribution in [0.25, 0.3) is 0 Å². The second kappa shape index (κ2) is 7.28. The number of benzene rings is 1. The Morgan fingerprint density at radius 3 is 2.70 bits per heavy atom. The number of carbonyl (C=O) groups excluding carboxylic acids is 1. The van der Waals surface area contributed by atoms with Gasteiger partial charge < -0.3 is 9.47 Å². The summed E-state index contributed by atoms with van der Waals surface area (Å²) in [4.78, 5) is 21.6. The first-order chi connectivity index (χ1) is 9.45. The predicted molar refractivity (Wildman–Crippen MR) is 73.8 cm³/mol. The van der Waals surface area contributed by atoms with E-state index in [9.17, 15) is 14.9 Å². The maximum absolute atomic E-state index is 11.1. The molecule has 0 saturated heterocycles. The third-order valence-electron chi connectivity index (χ3n) is 2.46. The van der Waals surface area contributed by atoms with E-state index in [2.05, 4.69) is 0 Å². The molecule has 0 aromatic heterocycles. The normalized spacial score (nSPS) is 10.6. The van der Waals surface area contributed by atoms with Gasteiger partial charge in [0.1, 0.15) is 6.61 Å². The number of nitro groups is 1. The van der Waals surface area contributed by atoms with Crippen molar-refractivity contribution in [2.75, 3.05) is 13.2 Å². The second-order valence-corrected chi connectivity index (χ2v) is 4.15. The van der Waals surface area contributed by atoms with E-state index in [0.717, 1.165) is 5.56 Å². The monoisotopic (exact) mass is 279 g/mol. The van der Waals surface area contributed by atoms with E-state index in [4.69, 9.17) is 9.47 Å². The van der Waals surface area contributed by atoms with E-state index in [-0.39, 0.29) is 18.0 Å². The maximum Gasteiger partial charge on any atom is 0.330 e. The lowest BCUT2D eigenvalue weighted by Crippen LogP contribution is -2.03. The van der Waals surface area contributed by atoms with Gasteiger partial charge in [-0.05, 0) is 38.0 Å². The first-order valence-electron chi connectivity index (χ1n) is 6.17. The third kappa shape index (κ3) is 4.38. The minimum atomic E-state index is -0.482. The maximum atomic E-state index is 11.1. The Morgan fingerprint density at radius 2 is 2.10 bits per heavy atom. The Kier molecular flexibility index (Phi) is 5.71. The van der Waals surface area contributed by atoms with Crippen LogP contribution in [0.1, 0.15) is 18.1 Å². The largest absolute Gasteiger partial charge is 0.482 e. The van der Waals surface area contributed by atoms with E-state index in [1.807, 2.05) is 0 Å². The third-order valence-corrected chi connectivity index (χ3v) is 2.46. The number of hydrogen-bond donors (Lipinski definition) is 0. The van der Waals surface area contributed by atoms with Crippen LogP contribution in [-0.4, -0.2) is 24.1 Å². The van der Waals surface area contributed by atoms with E-state index >= 15 is 0 Å². The molecule has 0 aliphatic rings. The summed E-state index contributed by atoms with van der Waals surface area (Å²) in [5, 5.41) is 11.0. The lowest BCUT2D eigenvalue weighted by molar-refractivity contribution is -0.385. The number of carbonyl (C=O) groups is 1. The number of nitrogens with zero attached hydrogens (tertiary/aromatic N) is 1. The lowest BCUT2D eigenvalue weighted by atomic mass is 10.1.